The highest BCUT2D eigenvalue weighted by Gasteiger charge is 2.45. The summed E-state index contributed by atoms with van der Waals surface area (Å²) < 4.78 is 18.6. The Bertz CT molecular complexity index is 769. The normalized spacial score (nSPS) is 19.3. The van der Waals surface area contributed by atoms with Crippen LogP contribution in [0.2, 0.25) is 0 Å². The van der Waals surface area contributed by atoms with Crippen LogP contribution in [-0.2, 0) is 9.53 Å². The number of hydrogen-bond acceptors (Lipinski definition) is 6. The number of likely N-dealkylation sites (N-methyl/N-ethyl adjacent to an activating group) is 1. The molecule has 1 amide bonds. The number of ether oxygens (including phenoxy) is 1. The average molecular weight is 478 g/mol. The van der Waals surface area contributed by atoms with E-state index in [1.165, 1.54) is 12.1 Å². The number of nitrogens with two attached hydrogens (primary N) is 1. The average Bonchev–Trinajstić information content (AvgIpc) is 3.62. The van der Waals surface area contributed by atoms with Gasteiger partial charge in [0.2, 0.25) is 5.91 Å². The van der Waals surface area contributed by atoms with Crippen molar-refractivity contribution >= 4 is 11.6 Å². The molecule has 1 aliphatic carbocycles. The first-order valence-electron chi connectivity index (χ1n) is 12.4. The molecule has 1 aliphatic rings. The van der Waals surface area contributed by atoms with E-state index in [1.54, 1.807) is 31.1 Å². The van der Waals surface area contributed by atoms with E-state index in [9.17, 15) is 14.4 Å². The largest absolute Gasteiger partial charge is 0.364 e. The molecule has 1 aromatic rings. The number of carbonyl (C=O) groups is 1. The standard InChI is InChI=1S/C24H38FN5O2.C2H6/c1-6-19-13-23(19)30(18(3)14-26)24(31)22(27)15-28(4)17(2)11-12-29(16-32-5)21-9-7-20(25)8-10-21;1-2/h7-10,17-19,22-23H,6,11-13,15-16,27H2,1-5H3;1-2H3/t17?,18?,19?,22?,23-;/m0./s1. The van der Waals surface area contributed by atoms with Crippen LogP contribution in [0, 0.1) is 23.1 Å². The zero-order valence-electron chi connectivity index (χ0n) is 22.0. The van der Waals surface area contributed by atoms with Gasteiger partial charge in [-0.05, 0) is 63.9 Å². The van der Waals surface area contributed by atoms with Gasteiger partial charge in [0.25, 0.3) is 0 Å². The summed E-state index contributed by atoms with van der Waals surface area (Å²) in [4.78, 5) is 18.9. The molecule has 2 N–H and O–H groups in total. The van der Waals surface area contributed by atoms with Gasteiger partial charge in [0.1, 0.15) is 18.6 Å². The maximum Gasteiger partial charge on any atom is 0.242 e. The van der Waals surface area contributed by atoms with Gasteiger partial charge in [0.15, 0.2) is 0 Å². The molecule has 4 unspecified atom stereocenters. The third-order valence-corrected chi connectivity index (χ3v) is 6.47. The first-order valence-corrected chi connectivity index (χ1v) is 12.4. The summed E-state index contributed by atoms with van der Waals surface area (Å²) in [5, 5.41) is 9.39. The number of nitriles is 1. The van der Waals surface area contributed by atoms with Crippen LogP contribution in [0.3, 0.4) is 0 Å². The summed E-state index contributed by atoms with van der Waals surface area (Å²) in [7, 11) is 3.59. The van der Waals surface area contributed by atoms with E-state index in [4.69, 9.17) is 10.5 Å². The molecule has 1 aromatic carbocycles. The second-order valence-corrected chi connectivity index (χ2v) is 8.86. The van der Waals surface area contributed by atoms with E-state index in [0.717, 1.165) is 24.9 Å². The van der Waals surface area contributed by atoms with Gasteiger partial charge in [-0.2, -0.15) is 5.26 Å². The Labute approximate surface area is 205 Å². The van der Waals surface area contributed by atoms with Crippen LogP contribution in [0.15, 0.2) is 24.3 Å². The van der Waals surface area contributed by atoms with Crippen molar-refractivity contribution in [3.8, 4) is 6.07 Å². The zero-order chi connectivity index (χ0) is 25.8. The van der Waals surface area contributed by atoms with E-state index < -0.39 is 12.1 Å². The molecular weight excluding hydrogens is 433 g/mol. The van der Waals surface area contributed by atoms with Crippen molar-refractivity contribution in [1.29, 1.82) is 5.26 Å². The molecule has 7 nitrogen and oxygen atoms in total. The third kappa shape index (κ3) is 8.53. The van der Waals surface area contributed by atoms with Gasteiger partial charge in [-0.1, -0.05) is 27.2 Å². The smallest absolute Gasteiger partial charge is 0.242 e. The van der Waals surface area contributed by atoms with Crippen LogP contribution in [0.5, 0.6) is 0 Å². The molecule has 192 valence electrons. The summed E-state index contributed by atoms with van der Waals surface area (Å²) in [6, 6.07) is 7.71. The summed E-state index contributed by atoms with van der Waals surface area (Å²) in [6.45, 7) is 11.5. The molecule has 5 atom stereocenters. The minimum Gasteiger partial charge on any atom is -0.364 e. The molecule has 2 rings (SSSR count). The van der Waals surface area contributed by atoms with Crippen molar-refractivity contribution in [2.24, 2.45) is 11.7 Å². The van der Waals surface area contributed by atoms with Crippen LogP contribution < -0.4 is 10.6 Å². The van der Waals surface area contributed by atoms with E-state index in [1.807, 2.05) is 25.8 Å². The topological polar surface area (TPSA) is 85.8 Å². The number of nitrogens with zero attached hydrogens (tertiary/aromatic N) is 4. The highest BCUT2D eigenvalue weighted by Crippen LogP contribution is 2.39. The summed E-state index contributed by atoms with van der Waals surface area (Å²) in [5.41, 5.74) is 7.20. The number of anilines is 1. The third-order valence-electron chi connectivity index (χ3n) is 6.47. The Hall–Kier alpha value is -2.21. The molecule has 0 heterocycles. The van der Waals surface area contributed by atoms with Crippen LogP contribution >= 0.6 is 0 Å². The van der Waals surface area contributed by atoms with Crippen LogP contribution in [0.4, 0.5) is 10.1 Å². The molecule has 0 spiro atoms. The number of amides is 1. The van der Waals surface area contributed by atoms with Gasteiger partial charge in [-0.25, -0.2) is 4.39 Å². The van der Waals surface area contributed by atoms with Crippen molar-refractivity contribution in [3.05, 3.63) is 30.1 Å². The molecule has 0 radical (unpaired) electrons. The minimum atomic E-state index is -0.677. The summed E-state index contributed by atoms with van der Waals surface area (Å²) in [5.74, 6) is 0.0530. The quantitative estimate of drug-likeness (QED) is 0.435. The Morgan fingerprint density at radius 1 is 1.29 bits per heavy atom. The minimum absolute atomic E-state index is 0.134. The SMILES string of the molecule is CC.CCC1C[C@@H]1N(C(=O)C(N)CN(C)C(C)CCN(COC)c1ccc(F)cc1)C(C)C#N. The number of halogens is 1. The lowest BCUT2D eigenvalue weighted by Gasteiger charge is -2.33. The molecular formula is C26H44FN5O2. The molecule has 1 saturated carbocycles. The summed E-state index contributed by atoms with van der Waals surface area (Å²) in [6.07, 6.45) is 2.77. The highest BCUT2D eigenvalue weighted by molar-refractivity contribution is 5.83. The maximum atomic E-state index is 13.3. The van der Waals surface area contributed by atoms with Gasteiger partial charge in [0.05, 0.1) is 12.1 Å². The zero-order valence-corrected chi connectivity index (χ0v) is 22.0. The van der Waals surface area contributed by atoms with Gasteiger partial charge >= 0.3 is 0 Å². The van der Waals surface area contributed by atoms with Gasteiger partial charge in [0, 0.05) is 38.0 Å². The van der Waals surface area contributed by atoms with E-state index in [0.29, 0.717) is 25.7 Å². The number of hydrogen-bond donors (Lipinski definition) is 1. The van der Waals surface area contributed by atoms with Crippen molar-refractivity contribution in [2.45, 2.75) is 78.0 Å². The Balaban J connectivity index is 0.00000281. The van der Waals surface area contributed by atoms with Crippen LogP contribution in [0.25, 0.3) is 0 Å². The van der Waals surface area contributed by atoms with Crippen molar-refractivity contribution in [1.82, 2.24) is 9.80 Å². The fraction of sp³-hybridized carbons (Fsp3) is 0.692. The molecule has 0 aliphatic heterocycles. The van der Waals surface area contributed by atoms with E-state index >= 15 is 0 Å². The first kappa shape index (κ1) is 29.8. The fourth-order valence-electron chi connectivity index (χ4n) is 4.11. The number of benzene rings is 1. The maximum absolute atomic E-state index is 13.3. The van der Waals surface area contributed by atoms with Gasteiger partial charge < -0.3 is 25.2 Å². The number of rotatable bonds is 13. The van der Waals surface area contributed by atoms with Gasteiger partial charge in [-0.15, -0.1) is 0 Å². The van der Waals surface area contributed by atoms with Crippen molar-refractivity contribution in [3.63, 3.8) is 0 Å². The van der Waals surface area contributed by atoms with Crippen LogP contribution in [-0.4, -0.2) is 73.9 Å². The molecule has 0 aromatic heterocycles. The molecule has 8 heteroatoms. The predicted molar refractivity (Wildman–Crippen MR) is 136 cm³/mol. The molecule has 0 saturated heterocycles. The Morgan fingerprint density at radius 3 is 2.41 bits per heavy atom. The van der Waals surface area contributed by atoms with Crippen molar-refractivity contribution < 1.29 is 13.9 Å². The fourth-order valence-corrected chi connectivity index (χ4v) is 4.11. The summed E-state index contributed by atoms with van der Waals surface area (Å²) >= 11 is 0. The van der Waals surface area contributed by atoms with E-state index in [-0.39, 0.29) is 23.8 Å². The Kier molecular flexibility index (Phi) is 13.1. The Morgan fingerprint density at radius 2 is 1.91 bits per heavy atom. The highest BCUT2D eigenvalue weighted by atomic mass is 19.1. The molecule has 1 fully saturated rings. The monoisotopic (exact) mass is 477 g/mol. The second-order valence-electron chi connectivity index (χ2n) is 8.86. The lowest BCUT2D eigenvalue weighted by atomic mass is 10.1. The van der Waals surface area contributed by atoms with Crippen LogP contribution in [0.1, 0.15) is 53.9 Å². The number of carbonyl (C=O) groups excluding carboxylic acids is 1. The first-order chi connectivity index (χ1) is 16.2. The van der Waals surface area contributed by atoms with Gasteiger partial charge in [-0.3, -0.25) is 4.79 Å². The second kappa shape index (κ2) is 14.9. The molecule has 0 bridgehead atoms. The lowest BCUT2D eigenvalue weighted by Crippen LogP contribution is -2.53. The van der Waals surface area contributed by atoms with Crippen molar-refractivity contribution in [2.75, 3.05) is 38.9 Å². The van der Waals surface area contributed by atoms with E-state index in [2.05, 4.69) is 24.8 Å². The predicted octanol–water partition coefficient (Wildman–Crippen LogP) is 3.84. The number of methoxy groups -OCH3 is 1. The molecule has 34 heavy (non-hydrogen) atoms. The lowest BCUT2D eigenvalue weighted by molar-refractivity contribution is -0.135.